The quantitative estimate of drug-likeness (QED) is 0.367. The van der Waals surface area contributed by atoms with Gasteiger partial charge < -0.3 is 20.1 Å². The van der Waals surface area contributed by atoms with Crippen LogP contribution in [0.4, 0.5) is 15.9 Å². The predicted octanol–water partition coefficient (Wildman–Crippen LogP) is 1.22. The Morgan fingerprint density at radius 1 is 1.09 bits per heavy atom. The molecule has 2 N–H and O–H groups in total. The van der Waals surface area contributed by atoms with Crippen LogP contribution in [0.5, 0.6) is 5.75 Å². The lowest BCUT2D eigenvalue weighted by Gasteiger charge is -2.36. The monoisotopic (exact) mass is 590 g/mol. The van der Waals surface area contributed by atoms with E-state index in [1.165, 1.54) is 6.07 Å². The number of aromatic nitrogens is 4. The molecule has 1 fully saturated rings. The molecule has 0 radical (unpaired) electrons. The van der Waals surface area contributed by atoms with Crippen LogP contribution in [0.3, 0.4) is 0 Å². The minimum atomic E-state index is -0.311. The molecule has 6 rings (SSSR count). The van der Waals surface area contributed by atoms with E-state index in [0.29, 0.717) is 98.4 Å². The summed E-state index contributed by atoms with van der Waals surface area (Å²) in [6.07, 6.45) is 5.34. The second-order valence-electron chi connectivity index (χ2n) is 10.7. The van der Waals surface area contributed by atoms with Crippen LogP contribution in [0, 0.1) is 11.7 Å². The van der Waals surface area contributed by atoms with Crippen LogP contribution in [0.15, 0.2) is 56.6 Å². The number of rotatable bonds is 9. The fourth-order valence-corrected chi connectivity index (χ4v) is 5.63. The number of piperazine rings is 1. The van der Waals surface area contributed by atoms with Gasteiger partial charge >= 0.3 is 5.69 Å². The van der Waals surface area contributed by atoms with Crippen LogP contribution in [0.25, 0.3) is 0 Å². The summed E-state index contributed by atoms with van der Waals surface area (Å²) >= 11 is 0. The van der Waals surface area contributed by atoms with Crippen molar-refractivity contribution in [3.8, 4) is 5.75 Å². The molecule has 0 saturated carbocycles. The Bertz CT molecular complexity index is 1620. The summed E-state index contributed by atoms with van der Waals surface area (Å²) in [5.41, 5.74) is 8.74. The number of aliphatic imine (C=N–C) groups is 3. The average Bonchev–Trinajstić information content (AvgIpc) is 3.18. The van der Waals surface area contributed by atoms with Crippen LogP contribution in [0.2, 0.25) is 0 Å². The Balaban J connectivity index is 1.16. The smallest absolute Gasteiger partial charge is 0.330 e. The van der Waals surface area contributed by atoms with Crippen molar-refractivity contribution in [3.05, 3.63) is 64.5 Å². The van der Waals surface area contributed by atoms with E-state index in [9.17, 15) is 9.18 Å². The highest BCUT2D eigenvalue weighted by molar-refractivity contribution is 6.15. The molecule has 43 heavy (non-hydrogen) atoms. The van der Waals surface area contributed by atoms with Gasteiger partial charge in [0.2, 0.25) is 0 Å². The number of imidazole rings is 1. The second kappa shape index (κ2) is 12.4. The van der Waals surface area contributed by atoms with Gasteiger partial charge in [-0.25, -0.2) is 24.2 Å². The van der Waals surface area contributed by atoms with Crippen molar-refractivity contribution < 1.29 is 13.9 Å². The lowest BCUT2D eigenvalue weighted by molar-refractivity contribution is 0.146. The van der Waals surface area contributed by atoms with Crippen molar-refractivity contribution >= 4 is 28.9 Å². The van der Waals surface area contributed by atoms with E-state index in [2.05, 4.69) is 19.9 Å². The highest BCUT2D eigenvalue weighted by Crippen LogP contribution is 2.29. The van der Waals surface area contributed by atoms with Crippen LogP contribution in [-0.4, -0.2) is 101 Å². The number of anilines is 1. The second-order valence-corrected chi connectivity index (χ2v) is 10.7. The van der Waals surface area contributed by atoms with E-state index >= 15 is 0 Å². The average molecular weight is 591 g/mol. The number of nitrogens with zero attached hydrogens (tertiary/aromatic N) is 9. The summed E-state index contributed by atoms with van der Waals surface area (Å²) in [7, 11) is 3.33. The van der Waals surface area contributed by atoms with E-state index in [-0.39, 0.29) is 17.4 Å². The zero-order valence-electron chi connectivity index (χ0n) is 24.3. The number of ether oxygens (including phenoxy) is 2. The third-order valence-corrected chi connectivity index (χ3v) is 8.01. The Morgan fingerprint density at radius 2 is 1.93 bits per heavy atom. The van der Waals surface area contributed by atoms with E-state index in [1.807, 2.05) is 4.90 Å². The molecule has 2 bridgehead atoms. The van der Waals surface area contributed by atoms with Crippen LogP contribution in [0.1, 0.15) is 17.8 Å². The topological polar surface area (TPSA) is 141 Å². The summed E-state index contributed by atoms with van der Waals surface area (Å²) in [4.78, 5) is 40.5. The lowest BCUT2D eigenvalue weighted by Crippen LogP contribution is -2.47. The molecule has 3 aromatic rings. The molecule has 0 amide bonds. The number of nitrogens with two attached hydrogens (primary N) is 1. The van der Waals surface area contributed by atoms with E-state index in [1.54, 1.807) is 54.0 Å². The van der Waals surface area contributed by atoms with Crippen LogP contribution < -0.4 is 21.1 Å². The third-order valence-electron chi connectivity index (χ3n) is 8.01. The molecule has 1 aromatic carbocycles. The predicted molar refractivity (Wildman–Crippen MR) is 161 cm³/mol. The molecule has 0 spiro atoms. The number of methoxy groups -OCH3 is 1. The number of amidine groups is 2. The van der Waals surface area contributed by atoms with Crippen LogP contribution in [-0.2, 0) is 18.3 Å². The Kier molecular flexibility index (Phi) is 8.29. The van der Waals surface area contributed by atoms with Crippen molar-refractivity contribution in [3.63, 3.8) is 0 Å². The van der Waals surface area contributed by atoms with Crippen molar-refractivity contribution in [2.45, 2.75) is 13.0 Å². The molecule has 1 saturated heterocycles. The molecular weight excluding hydrogens is 555 g/mol. The number of fused-ring (bicyclic) bond motifs is 4. The normalized spacial score (nSPS) is 18.7. The molecule has 5 heterocycles. The molecule has 2 aromatic heterocycles. The number of hydrogen-bond donors (Lipinski definition) is 1. The van der Waals surface area contributed by atoms with Gasteiger partial charge in [-0.15, -0.1) is 0 Å². The van der Waals surface area contributed by atoms with Crippen LogP contribution >= 0.6 is 0 Å². The lowest BCUT2D eigenvalue weighted by atomic mass is 10.0. The maximum atomic E-state index is 14.9. The van der Waals surface area contributed by atoms with Gasteiger partial charge in [0.25, 0.3) is 0 Å². The first-order valence-electron chi connectivity index (χ1n) is 14.3. The highest BCUT2D eigenvalue weighted by atomic mass is 19.1. The van der Waals surface area contributed by atoms with E-state index in [0.717, 1.165) is 13.1 Å². The SMILES string of the molecule is COCCOc1ccc(N2CCN(CCn3c4c(n(C)c3=O)C3=NC(c5cnccn5)=NCC(C3)C(N)=N4)CC2)c(F)c1. The summed E-state index contributed by atoms with van der Waals surface area (Å²) < 4.78 is 28.6. The first-order chi connectivity index (χ1) is 20.9. The summed E-state index contributed by atoms with van der Waals surface area (Å²) in [6.45, 7) is 5.08. The van der Waals surface area contributed by atoms with Gasteiger partial charge in [0.05, 0.1) is 30.7 Å². The molecule has 1 unspecified atom stereocenters. The fraction of sp³-hybridized carbons (Fsp3) is 0.448. The van der Waals surface area contributed by atoms with Gasteiger partial charge in [0.15, 0.2) is 11.7 Å². The maximum absolute atomic E-state index is 14.9. The molecule has 13 nitrogen and oxygen atoms in total. The number of hydrogen-bond acceptors (Lipinski definition) is 11. The Hall–Kier alpha value is -4.43. The maximum Gasteiger partial charge on any atom is 0.330 e. The van der Waals surface area contributed by atoms with E-state index in [4.69, 9.17) is 25.2 Å². The fourth-order valence-electron chi connectivity index (χ4n) is 5.63. The molecule has 226 valence electrons. The first-order valence-corrected chi connectivity index (χ1v) is 14.3. The third kappa shape index (κ3) is 5.92. The largest absolute Gasteiger partial charge is 0.491 e. The van der Waals surface area contributed by atoms with E-state index < -0.39 is 0 Å². The van der Waals surface area contributed by atoms with Gasteiger partial charge in [-0.05, 0) is 12.1 Å². The Morgan fingerprint density at radius 3 is 2.67 bits per heavy atom. The molecule has 1 atom stereocenters. The van der Waals surface area contributed by atoms with Crippen molar-refractivity contribution in [1.82, 2.24) is 24.0 Å². The first kappa shape index (κ1) is 28.7. The number of halogens is 1. The van der Waals surface area contributed by atoms with Crippen molar-refractivity contribution in [2.24, 2.45) is 33.7 Å². The minimum absolute atomic E-state index is 0.136. The zero-order valence-corrected chi connectivity index (χ0v) is 24.3. The van der Waals surface area contributed by atoms with Crippen molar-refractivity contribution in [2.75, 3.05) is 64.5 Å². The van der Waals surface area contributed by atoms with Crippen molar-refractivity contribution in [1.29, 1.82) is 0 Å². The van der Waals surface area contributed by atoms with Gasteiger partial charge in [0.1, 0.15) is 35.4 Å². The molecule has 3 aliphatic heterocycles. The summed E-state index contributed by atoms with van der Waals surface area (Å²) in [6, 6.07) is 4.96. The zero-order chi connectivity index (χ0) is 29.9. The highest BCUT2D eigenvalue weighted by Gasteiger charge is 2.32. The molecule has 3 aliphatic rings. The van der Waals surface area contributed by atoms with Gasteiger partial charge in [-0.1, -0.05) is 0 Å². The molecule has 14 heteroatoms. The molecule has 0 aliphatic carbocycles. The minimum Gasteiger partial charge on any atom is -0.491 e. The Labute approximate surface area is 248 Å². The standard InChI is InChI=1S/C29H35FN10O3/c1-37-25-22-15-19(17-34-27(35-22)23-18-32-5-6-33-23)26(31)36-28(25)40(29(37)41)12-9-38-7-10-39(11-8-38)24-4-3-20(16-21(24)30)43-14-13-42-2/h3-6,16,18-19H,7-15,17H2,1-2H3,(H2,31,36). The summed E-state index contributed by atoms with van der Waals surface area (Å²) in [5.74, 6) is 1.45. The van der Waals surface area contributed by atoms with Gasteiger partial charge in [-0.2, -0.15) is 0 Å². The van der Waals surface area contributed by atoms with Gasteiger partial charge in [0, 0.05) is 84.2 Å². The molecular formula is C29H35FN10O3. The number of benzene rings is 1. The van der Waals surface area contributed by atoms with Gasteiger partial charge in [-0.3, -0.25) is 24.0 Å². The summed E-state index contributed by atoms with van der Waals surface area (Å²) in [5, 5.41) is 0.